The normalized spacial score (nSPS) is 12.3. The van der Waals surface area contributed by atoms with Gasteiger partial charge in [-0.1, -0.05) is 112 Å². The summed E-state index contributed by atoms with van der Waals surface area (Å²) >= 11 is 0. The molecule has 1 aromatic heterocycles. The smallest absolute Gasteiger partial charge is 0.340 e. The molecule has 0 fully saturated rings. The van der Waals surface area contributed by atoms with Crippen molar-refractivity contribution in [2.24, 2.45) is 5.92 Å². The highest BCUT2D eigenvalue weighted by atomic mass is 16.5. The van der Waals surface area contributed by atoms with Crippen molar-refractivity contribution in [1.82, 2.24) is 15.2 Å². The van der Waals surface area contributed by atoms with Gasteiger partial charge in [0.05, 0.1) is 5.56 Å². The Morgan fingerprint density at radius 3 is 2.20 bits per heavy atom. The van der Waals surface area contributed by atoms with Crippen molar-refractivity contribution in [2.75, 3.05) is 0 Å². The van der Waals surface area contributed by atoms with Gasteiger partial charge in [-0.2, -0.15) is 5.10 Å². The second-order valence-corrected chi connectivity index (χ2v) is 12.4. The minimum absolute atomic E-state index is 0.108. The van der Waals surface area contributed by atoms with E-state index in [2.05, 4.69) is 90.6 Å². The second-order valence-electron chi connectivity index (χ2n) is 12.4. The van der Waals surface area contributed by atoms with Crippen LogP contribution in [0, 0.1) is 5.92 Å². The summed E-state index contributed by atoms with van der Waals surface area (Å²) in [5, 5.41) is 15.7. The maximum atomic E-state index is 11.5. The van der Waals surface area contributed by atoms with Crippen LogP contribution in [0.5, 0.6) is 5.75 Å². The number of rotatable bonds is 12. The summed E-state index contributed by atoms with van der Waals surface area (Å²) in [6.07, 6.45) is 6.87. The van der Waals surface area contributed by atoms with Crippen LogP contribution in [-0.2, 0) is 24.9 Å². The summed E-state index contributed by atoms with van der Waals surface area (Å²) in [5.41, 5.74) is 6.58. The van der Waals surface area contributed by atoms with E-state index in [1.807, 2.05) is 42.5 Å². The Hall–Kier alpha value is -5.17. The van der Waals surface area contributed by atoms with Crippen molar-refractivity contribution >= 4 is 12.0 Å². The van der Waals surface area contributed by atoms with Gasteiger partial charge in [-0.05, 0) is 71.0 Å². The molecule has 0 spiro atoms. The molecule has 0 aliphatic rings. The highest BCUT2D eigenvalue weighted by Crippen LogP contribution is 2.26. The van der Waals surface area contributed by atoms with Gasteiger partial charge in [-0.25, -0.2) is 14.7 Å². The van der Waals surface area contributed by atoms with Gasteiger partial charge < -0.3 is 9.84 Å². The van der Waals surface area contributed by atoms with E-state index in [9.17, 15) is 14.7 Å². The number of aromatic carboxylic acids is 1. The number of nitrogens with zero attached hydrogens (tertiary/aromatic N) is 1. The highest BCUT2D eigenvalue weighted by Gasteiger charge is 2.14. The third kappa shape index (κ3) is 8.70. The molecule has 1 unspecified atom stereocenters. The summed E-state index contributed by atoms with van der Waals surface area (Å²) in [4.78, 5) is 25.4. The Labute approximate surface area is 263 Å². The maximum absolute atomic E-state index is 11.5. The molecule has 1 heterocycles. The van der Waals surface area contributed by atoms with Crippen molar-refractivity contribution in [2.45, 2.75) is 52.1 Å². The van der Waals surface area contributed by atoms with E-state index in [1.54, 1.807) is 12.1 Å². The molecule has 1 atom stereocenters. The third-order valence-corrected chi connectivity index (χ3v) is 7.91. The largest absolute Gasteiger partial charge is 0.488 e. The molecule has 3 N–H and O–H groups in total. The first-order valence-electron chi connectivity index (χ1n) is 15.2. The van der Waals surface area contributed by atoms with Gasteiger partial charge >= 0.3 is 11.7 Å². The highest BCUT2D eigenvalue weighted by molar-refractivity contribution is 5.87. The van der Waals surface area contributed by atoms with Crippen LogP contribution in [0.15, 0.2) is 108 Å². The quantitative estimate of drug-likeness (QED) is 0.135. The van der Waals surface area contributed by atoms with Gasteiger partial charge in [-0.15, -0.1) is 0 Å². The summed E-state index contributed by atoms with van der Waals surface area (Å²) in [6.45, 7) is 7.12. The van der Waals surface area contributed by atoms with E-state index in [1.165, 1.54) is 5.56 Å². The predicted octanol–water partition coefficient (Wildman–Crippen LogP) is 7.84. The molecule has 4 aromatic carbocycles. The van der Waals surface area contributed by atoms with Crippen molar-refractivity contribution in [1.29, 1.82) is 0 Å². The van der Waals surface area contributed by atoms with Crippen LogP contribution in [0.25, 0.3) is 17.5 Å². The lowest BCUT2D eigenvalue weighted by molar-refractivity contribution is 0.0697. The van der Waals surface area contributed by atoms with Crippen LogP contribution in [0.2, 0.25) is 0 Å². The molecule has 5 rings (SSSR count). The molecule has 230 valence electrons. The van der Waals surface area contributed by atoms with Gasteiger partial charge in [0, 0.05) is 11.1 Å². The molecular formula is C38H39N3O4. The number of nitrogens with one attached hydrogen (secondary N) is 2. The Morgan fingerprint density at radius 1 is 0.889 bits per heavy atom. The van der Waals surface area contributed by atoms with Crippen molar-refractivity contribution in [3.63, 3.8) is 0 Å². The number of aryl methyl sites for hydroxylation is 1. The molecule has 0 saturated heterocycles. The molecule has 7 nitrogen and oxygen atoms in total. The average molecular weight is 602 g/mol. The Balaban J connectivity index is 1.31. The first-order valence-corrected chi connectivity index (χ1v) is 15.2. The number of para-hydroxylation sites is 1. The van der Waals surface area contributed by atoms with Crippen LogP contribution < -0.4 is 10.4 Å². The topological polar surface area (TPSA) is 108 Å². The van der Waals surface area contributed by atoms with E-state index in [0.29, 0.717) is 12.4 Å². The minimum Gasteiger partial charge on any atom is -0.488 e. The molecule has 0 bridgehead atoms. The number of carbonyl (C=O) groups is 1. The summed E-state index contributed by atoms with van der Waals surface area (Å²) in [7, 11) is 0. The molecule has 0 radical (unpaired) electrons. The second kappa shape index (κ2) is 14.1. The number of hydrogen-bond donors (Lipinski definition) is 3. The van der Waals surface area contributed by atoms with E-state index >= 15 is 0 Å². The summed E-state index contributed by atoms with van der Waals surface area (Å²) in [5.74, 6) is 0.620. The number of H-pyrrole nitrogens is 2. The van der Waals surface area contributed by atoms with Crippen LogP contribution in [0.3, 0.4) is 0 Å². The Kier molecular flexibility index (Phi) is 9.78. The number of carboxylic acids is 1. The SMILES string of the molecule is CC(C)(C)c1ccc(COc2ccccc2C=CC(CCc2ccc(C(=O)O)cc2)Cc2ccc(-c3n[nH]c(=O)[nH]3)cc2)cc1. The monoisotopic (exact) mass is 601 g/mol. The predicted molar refractivity (Wildman–Crippen MR) is 179 cm³/mol. The molecular weight excluding hydrogens is 562 g/mol. The van der Waals surface area contributed by atoms with Crippen molar-refractivity contribution in [3.8, 4) is 17.1 Å². The number of hydrogen-bond acceptors (Lipinski definition) is 4. The molecule has 45 heavy (non-hydrogen) atoms. The molecule has 0 amide bonds. The fourth-order valence-corrected chi connectivity index (χ4v) is 5.19. The fraction of sp³-hybridized carbons (Fsp3) is 0.237. The molecule has 0 saturated carbocycles. The van der Waals surface area contributed by atoms with Gasteiger partial charge in [-0.3, -0.25) is 4.98 Å². The average Bonchev–Trinajstić information content (AvgIpc) is 3.48. The molecule has 0 aliphatic carbocycles. The van der Waals surface area contributed by atoms with Crippen LogP contribution in [0.1, 0.15) is 65.4 Å². The van der Waals surface area contributed by atoms with E-state index in [0.717, 1.165) is 52.8 Å². The van der Waals surface area contributed by atoms with E-state index in [-0.39, 0.29) is 22.6 Å². The lowest BCUT2D eigenvalue weighted by Crippen LogP contribution is -2.10. The fourth-order valence-electron chi connectivity index (χ4n) is 5.19. The van der Waals surface area contributed by atoms with E-state index in [4.69, 9.17) is 4.74 Å². The molecule has 5 aromatic rings. The summed E-state index contributed by atoms with van der Waals surface area (Å²) in [6, 6.07) is 31.8. The van der Waals surface area contributed by atoms with Crippen molar-refractivity contribution < 1.29 is 14.6 Å². The van der Waals surface area contributed by atoms with Crippen LogP contribution in [0.4, 0.5) is 0 Å². The number of allylic oxidation sites excluding steroid dienone is 1. The van der Waals surface area contributed by atoms with Gasteiger partial charge in [0.25, 0.3) is 0 Å². The lowest BCUT2D eigenvalue weighted by Gasteiger charge is -2.19. The van der Waals surface area contributed by atoms with Crippen molar-refractivity contribution in [3.05, 3.63) is 147 Å². The molecule has 7 heteroatoms. The number of benzene rings is 4. The van der Waals surface area contributed by atoms with Crippen LogP contribution >= 0.6 is 0 Å². The Morgan fingerprint density at radius 2 is 1.56 bits per heavy atom. The minimum atomic E-state index is -0.924. The third-order valence-electron chi connectivity index (χ3n) is 7.91. The standard InChI is InChI=1S/C38H39N3O4/c1-38(2,3)33-22-15-29(16-23-33)25-45-34-7-5-4-6-30(34)17-12-27(9-8-26-10-20-32(21-11-26)36(42)43)24-28-13-18-31(19-14-28)35-39-37(44)41-40-35/h4-7,10-23,27H,8-9,24-25H2,1-3H3,(H,42,43)(H2,39,40,41,44). The van der Waals surface area contributed by atoms with Gasteiger partial charge in [0.15, 0.2) is 5.82 Å². The van der Waals surface area contributed by atoms with Gasteiger partial charge in [0.2, 0.25) is 0 Å². The number of aromatic amines is 2. The zero-order chi connectivity index (χ0) is 31.8. The summed E-state index contributed by atoms with van der Waals surface area (Å²) < 4.78 is 6.28. The number of ether oxygens (including phenoxy) is 1. The first kappa shape index (κ1) is 31.3. The lowest BCUT2D eigenvalue weighted by atomic mass is 9.87. The maximum Gasteiger partial charge on any atom is 0.340 e. The molecule has 0 aliphatic heterocycles. The number of carboxylic acid groups (broad SMARTS) is 1. The number of aromatic nitrogens is 3. The van der Waals surface area contributed by atoms with E-state index < -0.39 is 5.97 Å². The van der Waals surface area contributed by atoms with Gasteiger partial charge in [0.1, 0.15) is 12.4 Å². The Bertz CT molecular complexity index is 1790. The zero-order valence-corrected chi connectivity index (χ0v) is 25.9. The zero-order valence-electron chi connectivity index (χ0n) is 25.9. The van der Waals surface area contributed by atoms with Crippen LogP contribution in [-0.4, -0.2) is 26.3 Å². The first-order chi connectivity index (χ1) is 21.6.